The second kappa shape index (κ2) is 5.54. The summed E-state index contributed by atoms with van der Waals surface area (Å²) >= 11 is 3.65. The normalized spacial score (nSPS) is 12.9. The van der Waals surface area contributed by atoms with Gasteiger partial charge in [0.05, 0.1) is 11.1 Å². The molecule has 0 N–H and O–H groups in total. The summed E-state index contributed by atoms with van der Waals surface area (Å²) in [4.78, 5) is 0.144. The molecule has 0 aliphatic heterocycles. The summed E-state index contributed by atoms with van der Waals surface area (Å²) in [6.45, 7) is 4.48. The second-order valence-electron chi connectivity index (χ2n) is 4.72. The maximum absolute atomic E-state index is 5.40. The van der Waals surface area contributed by atoms with Crippen LogP contribution < -0.4 is 0 Å². The van der Waals surface area contributed by atoms with Gasteiger partial charge >= 0.3 is 0 Å². The van der Waals surface area contributed by atoms with Crippen molar-refractivity contribution < 1.29 is 4.42 Å². The standard InChI is InChI=1S/C15H17BrO/c1-11(2)10-12-5-7-13(8-6-12)15(16)14-4-3-9-17-14/h3-9,11,15H,10H2,1-2H3. The Hall–Kier alpha value is -1.02. The Morgan fingerprint density at radius 3 is 2.35 bits per heavy atom. The van der Waals surface area contributed by atoms with Crippen LogP contribution in [0.3, 0.4) is 0 Å². The molecule has 1 unspecified atom stereocenters. The summed E-state index contributed by atoms with van der Waals surface area (Å²) in [5.41, 5.74) is 2.62. The van der Waals surface area contributed by atoms with Crippen LogP contribution in [0.2, 0.25) is 0 Å². The predicted molar refractivity (Wildman–Crippen MR) is 74.5 cm³/mol. The molecule has 1 atom stereocenters. The molecule has 1 heterocycles. The fourth-order valence-corrected chi connectivity index (χ4v) is 2.46. The average molecular weight is 293 g/mol. The number of hydrogen-bond acceptors (Lipinski definition) is 1. The molecular formula is C15H17BrO. The van der Waals surface area contributed by atoms with Crippen molar-refractivity contribution in [2.45, 2.75) is 25.1 Å². The Bertz CT molecular complexity index is 442. The van der Waals surface area contributed by atoms with Crippen molar-refractivity contribution in [3.05, 3.63) is 59.5 Å². The number of furan rings is 1. The molecular weight excluding hydrogens is 276 g/mol. The molecule has 17 heavy (non-hydrogen) atoms. The Morgan fingerprint density at radius 2 is 1.82 bits per heavy atom. The quantitative estimate of drug-likeness (QED) is 0.726. The minimum absolute atomic E-state index is 0.144. The number of benzene rings is 1. The molecule has 1 aromatic carbocycles. The second-order valence-corrected chi connectivity index (χ2v) is 5.63. The van der Waals surface area contributed by atoms with Crippen LogP contribution in [0.4, 0.5) is 0 Å². The van der Waals surface area contributed by atoms with Crippen LogP contribution in [-0.2, 0) is 6.42 Å². The lowest BCUT2D eigenvalue weighted by Gasteiger charge is -2.09. The third-order valence-electron chi connectivity index (χ3n) is 2.71. The van der Waals surface area contributed by atoms with E-state index >= 15 is 0 Å². The third-order valence-corrected chi connectivity index (χ3v) is 3.69. The number of alkyl halides is 1. The first-order chi connectivity index (χ1) is 8.16. The number of rotatable bonds is 4. The summed E-state index contributed by atoms with van der Waals surface area (Å²) < 4.78 is 5.40. The molecule has 0 aliphatic rings. The van der Waals surface area contributed by atoms with E-state index in [1.165, 1.54) is 11.1 Å². The van der Waals surface area contributed by atoms with E-state index in [4.69, 9.17) is 4.42 Å². The summed E-state index contributed by atoms with van der Waals surface area (Å²) in [6.07, 6.45) is 2.84. The van der Waals surface area contributed by atoms with Gasteiger partial charge < -0.3 is 4.42 Å². The van der Waals surface area contributed by atoms with Gasteiger partial charge in [0.1, 0.15) is 5.76 Å². The molecule has 1 aromatic heterocycles. The molecule has 0 saturated heterocycles. The van der Waals surface area contributed by atoms with Gasteiger partial charge in [0.25, 0.3) is 0 Å². The van der Waals surface area contributed by atoms with Crippen LogP contribution in [0.25, 0.3) is 0 Å². The molecule has 90 valence electrons. The van der Waals surface area contributed by atoms with Crippen molar-refractivity contribution in [1.82, 2.24) is 0 Å². The van der Waals surface area contributed by atoms with Crippen LogP contribution >= 0.6 is 15.9 Å². The van der Waals surface area contributed by atoms with E-state index in [0.29, 0.717) is 5.92 Å². The molecule has 0 bridgehead atoms. The minimum Gasteiger partial charge on any atom is -0.468 e. The Balaban J connectivity index is 2.12. The van der Waals surface area contributed by atoms with E-state index < -0.39 is 0 Å². The van der Waals surface area contributed by atoms with Crippen LogP contribution in [0.5, 0.6) is 0 Å². The van der Waals surface area contributed by atoms with E-state index in [1.807, 2.05) is 12.1 Å². The zero-order valence-electron chi connectivity index (χ0n) is 10.2. The zero-order valence-corrected chi connectivity index (χ0v) is 11.8. The average Bonchev–Trinajstić information content (AvgIpc) is 2.82. The van der Waals surface area contributed by atoms with Crippen LogP contribution in [-0.4, -0.2) is 0 Å². The van der Waals surface area contributed by atoms with Crippen molar-refractivity contribution in [1.29, 1.82) is 0 Å². The van der Waals surface area contributed by atoms with Crippen molar-refractivity contribution >= 4 is 15.9 Å². The molecule has 2 aromatic rings. The highest BCUT2D eigenvalue weighted by molar-refractivity contribution is 9.09. The van der Waals surface area contributed by atoms with Gasteiger partial charge in [-0.2, -0.15) is 0 Å². The lowest BCUT2D eigenvalue weighted by Crippen LogP contribution is -1.95. The highest BCUT2D eigenvalue weighted by atomic mass is 79.9. The number of hydrogen-bond donors (Lipinski definition) is 0. The SMILES string of the molecule is CC(C)Cc1ccc(C(Br)c2ccco2)cc1. The molecule has 0 saturated carbocycles. The molecule has 0 aliphatic carbocycles. The van der Waals surface area contributed by atoms with Gasteiger partial charge in [0, 0.05) is 0 Å². The van der Waals surface area contributed by atoms with E-state index in [9.17, 15) is 0 Å². The molecule has 0 amide bonds. The van der Waals surface area contributed by atoms with Gasteiger partial charge in [-0.1, -0.05) is 54.0 Å². The molecule has 0 radical (unpaired) electrons. The molecule has 0 fully saturated rings. The fourth-order valence-electron chi connectivity index (χ4n) is 1.89. The monoisotopic (exact) mass is 292 g/mol. The minimum atomic E-state index is 0.144. The topological polar surface area (TPSA) is 13.1 Å². The van der Waals surface area contributed by atoms with Gasteiger partial charge in [-0.15, -0.1) is 0 Å². The van der Waals surface area contributed by atoms with Crippen LogP contribution in [0.15, 0.2) is 47.1 Å². The summed E-state index contributed by atoms with van der Waals surface area (Å²) in [6, 6.07) is 12.6. The zero-order chi connectivity index (χ0) is 12.3. The van der Waals surface area contributed by atoms with Crippen LogP contribution in [0.1, 0.15) is 35.6 Å². The Morgan fingerprint density at radius 1 is 1.12 bits per heavy atom. The summed E-state index contributed by atoms with van der Waals surface area (Å²) in [7, 11) is 0. The molecule has 2 heteroatoms. The smallest absolute Gasteiger partial charge is 0.121 e. The maximum atomic E-state index is 5.40. The van der Waals surface area contributed by atoms with Crippen molar-refractivity contribution in [3.63, 3.8) is 0 Å². The highest BCUT2D eigenvalue weighted by Gasteiger charge is 2.12. The lowest BCUT2D eigenvalue weighted by molar-refractivity contribution is 0.519. The Kier molecular flexibility index (Phi) is 4.06. The van der Waals surface area contributed by atoms with Gasteiger partial charge in [-0.3, -0.25) is 0 Å². The Labute approximate surface area is 111 Å². The highest BCUT2D eigenvalue weighted by Crippen LogP contribution is 2.31. The molecule has 0 spiro atoms. The van der Waals surface area contributed by atoms with Gasteiger partial charge in [0.15, 0.2) is 0 Å². The largest absolute Gasteiger partial charge is 0.468 e. The van der Waals surface area contributed by atoms with E-state index in [-0.39, 0.29) is 4.83 Å². The summed E-state index contributed by atoms with van der Waals surface area (Å²) in [5, 5.41) is 0. The van der Waals surface area contributed by atoms with Crippen molar-refractivity contribution in [3.8, 4) is 0 Å². The maximum Gasteiger partial charge on any atom is 0.121 e. The van der Waals surface area contributed by atoms with E-state index in [1.54, 1.807) is 6.26 Å². The van der Waals surface area contributed by atoms with Gasteiger partial charge in [-0.05, 0) is 35.6 Å². The van der Waals surface area contributed by atoms with Crippen molar-refractivity contribution in [2.24, 2.45) is 5.92 Å². The first-order valence-corrected chi connectivity index (χ1v) is 6.84. The number of halogens is 1. The first-order valence-electron chi connectivity index (χ1n) is 5.93. The lowest BCUT2D eigenvalue weighted by atomic mass is 10.0. The molecule has 2 rings (SSSR count). The third kappa shape index (κ3) is 3.22. The van der Waals surface area contributed by atoms with Crippen LogP contribution in [0, 0.1) is 5.92 Å². The summed E-state index contributed by atoms with van der Waals surface area (Å²) in [5.74, 6) is 1.65. The first kappa shape index (κ1) is 12.4. The van der Waals surface area contributed by atoms with Crippen molar-refractivity contribution in [2.75, 3.05) is 0 Å². The van der Waals surface area contributed by atoms with E-state index in [0.717, 1.165) is 12.2 Å². The fraction of sp³-hybridized carbons (Fsp3) is 0.333. The van der Waals surface area contributed by atoms with E-state index in [2.05, 4.69) is 54.0 Å². The van der Waals surface area contributed by atoms with Gasteiger partial charge in [-0.25, -0.2) is 0 Å². The molecule has 1 nitrogen and oxygen atoms in total. The predicted octanol–water partition coefficient (Wildman–Crippen LogP) is 4.96. The van der Waals surface area contributed by atoms with Gasteiger partial charge in [0.2, 0.25) is 0 Å².